The summed E-state index contributed by atoms with van der Waals surface area (Å²) in [5.41, 5.74) is 12.1. The lowest BCUT2D eigenvalue weighted by Gasteiger charge is -2.22. The summed E-state index contributed by atoms with van der Waals surface area (Å²) in [6, 6.07) is 6.61. The number of hydrogen-bond acceptors (Lipinski definition) is 3. The van der Waals surface area contributed by atoms with Gasteiger partial charge in [-0.1, -0.05) is 18.1 Å². The number of benzene rings is 1. The van der Waals surface area contributed by atoms with E-state index in [0.29, 0.717) is 0 Å². The van der Waals surface area contributed by atoms with Crippen molar-refractivity contribution in [3.63, 3.8) is 0 Å². The van der Waals surface area contributed by atoms with E-state index in [1.165, 1.54) is 53.6 Å². The molecule has 0 unspecified atom stereocenters. The van der Waals surface area contributed by atoms with E-state index in [1.54, 1.807) is 0 Å². The molecule has 2 aromatic rings. The van der Waals surface area contributed by atoms with Crippen molar-refractivity contribution in [2.75, 3.05) is 18.4 Å². The lowest BCUT2D eigenvalue weighted by Crippen LogP contribution is -2.12. The Morgan fingerprint density at radius 2 is 2.00 bits per heavy atom. The van der Waals surface area contributed by atoms with E-state index < -0.39 is 0 Å². The Morgan fingerprint density at radius 1 is 1.14 bits per heavy atom. The second kappa shape index (κ2) is 7.10. The normalized spacial score (nSPS) is 14.1. The van der Waals surface area contributed by atoms with Crippen molar-refractivity contribution >= 4 is 16.6 Å². The second-order valence-electron chi connectivity index (χ2n) is 6.42. The second-order valence-corrected chi connectivity index (χ2v) is 6.42. The lowest BCUT2D eigenvalue weighted by atomic mass is 9.92. The third kappa shape index (κ3) is 3.25. The van der Waals surface area contributed by atoms with Crippen LogP contribution in [-0.2, 0) is 12.8 Å². The van der Waals surface area contributed by atoms with Crippen LogP contribution in [0.25, 0.3) is 10.9 Å². The number of pyridine rings is 1. The summed E-state index contributed by atoms with van der Waals surface area (Å²) < 4.78 is 0. The molecule has 1 aliphatic carbocycles. The molecule has 3 N–H and O–H groups in total. The lowest BCUT2D eigenvalue weighted by molar-refractivity contribution is 0.670. The molecular formula is C19H27N3. The van der Waals surface area contributed by atoms with Crippen LogP contribution in [0.15, 0.2) is 18.2 Å². The number of anilines is 1. The highest BCUT2D eigenvalue weighted by Crippen LogP contribution is 2.33. The first-order valence-electron chi connectivity index (χ1n) is 8.65. The summed E-state index contributed by atoms with van der Waals surface area (Å²) in [4.78, 5) is 4.92. The van der Waals surface area contributed by atoms with Gasteiger partial charge in [0.05, 0.1) is 5.52 Å². The zero-order valence-corrected chi connectivity index (χ0v) is 13.6. The standard InChI is InChI=1S/C19H27N3/c1-14-9-10-18-16(13-14)19(21-12-6-2-5-11-20)15-7-3-4-8-17(15)22-18/h9-10,13H,2-8,11-12,20H2,1H3,(H,21,22). The van der Waals surface area contributed by atoms with Crippen LogP contribution in [0.1, 0.15) is 48.9 Å². The van der Waals surface area contributed by atoms with Gasteiger partial charge in [-0.3, -0.25) is 4.98 Å². The van der Waals surface area contributed by atoms with E-state index in [9.17, 15) is 0 Å². The highest BCUT2D eigenvalue weighted by atomic mass is 14.9. The van der Waals surface area contributed by atoms with Crippen LogP contribution in [0.5, 0.6) is 0 Å². The number of fused-ring (bicyclic) bond motifs is 2. The molecule has 0 fully saturated rings. The molecule has 1 heterocycles. The molecule has 0 amide bonds. The summed E-state index contributed by atoms with van der Waals surface area (Å²) in [6.07, 6.45) is 8.35. The molecule has 0 aliphatic heterocycles. The Labute approximate surface area is 133 Å². The molecule has 118 valence electrons. The van der Waals surface area contributed by atoms with Crippen molar-refractivity contribution in [2.45, 2.75) is 51.9 Å². The molecule has 0 radical (unpaired) electrons. The Balaban J connectivity index is 1.91. The number of nitrogens with zero attached hydrogens (tertiary/aromatic N) is 1. The minimum absolute atomic E-state index is 0.798. The number of nitrogens with two attached hydrogens (primary N) is 1. The van der Waals surface area contributed by atoms with Crippen LogP contribution in [0, 0.1) is 6.92 Å². The van der Waals surface area contributed by atoms with Crippen LogP contribution >= 0.6 is 0 Å². The number of unbranched alkanes of at least 4 members (excludes halogenated alkanes) is 2. The van der Waals surface area contributed by atoms with Gasteiger partial charge in [0, 0.05) is 23.3 Å². The van der Waals surface area contributed by atoms with Gasteiger partial charge in [0.15, 0.2) is 0 Å². The van der Waals surface area contributed by atoms with Gasteiger partial charge in [0.25, 0.3) is 0 Å². The topological polar surface area (TPSA) is 50.9 Å². The smallest absolute Gasteiger partial charge is 0.0726 e. The van der Waals surface area contributed by atoms with E-state index in [0.717, 1.165) is 37.9 Å². The van der Waals surface area contributed by atoms with Crippen molar-refractivity contribution in [1.82, 2.24) is 4.98 Å². The molecule has 3 heteroatoms. The molecule has 1 aromatic heterocycles. The Morgan fingerprint density at radius 3 is 2.86 bits per heavy atom. The summed E-state index contributed by atoms with van der Waals surface area (Å²) in [7, 11) is 0. The van der Waals surface area contributed by atoms with E-state index in [-0.39, 0.29) is 0 Å². The third-order valence-corrected chi connectivity index (χ3v) is 4.60. The highest BCUT2D eigenvalue weighted by Gasteiger charge is 2.17. The molecule has 0 atom stereocenters. The van der Waals surface area contributed by atoms with Gasteiger partial charge in [-0.05, 0) is 69.7 Å². The SMILES string of the molecule is Cc1ccc2nc3c(c(NCCCCCN)c2c1)CCCC3. The van der Waals surface area contributed by atoms with Crippen molar-refractivity contribution in [3.05, 3.63) is 35.0 Å². The van der Waals surface area contributed by atoms with Gasteiger partial charge in [0.1, 0.15) is 0 Å². The van der Waals surface area contributed by atoms with Gasteiger partial charge in [-0.15, -0.1) is 0 Å². The average molecular weight is 297 g/mol. The summed E-state index contributed by atoms with van der Waals surface area (Å²) >= 11 is 0. The quantitative estimate of drug-likeness (QED) is 0.793. The number of aromatic nitrogens is 1. The maximum absolute atomic E-state index is 5.58. The van der Waals surface area contributed by atoms with Crippen molar-refractivity contribution < 1.29 is 0 Å². The largest absolute Gasteiger partial charge is 0.384 e. The molecule has 0 saturated heterocycles. The maximum Gasteiger partial charge on any atom is 0.0726 e. The number of aryl methyl sites for hydroxylation is 2. The van der Waals surface area contributed by atoms with Gasteiger partial charge >= 0.3 is 0 Å². The molecule has 1 aliphatic rings. The number of nitrogens with one attached hydrogen (secondary N) is 1. The summed E-state index contributed by atoms with van der Waals surface area (Å²) in [6.45, 7) is 3.98. The van der Waals surface area contributed by atoms with Gasteiger partial charge in [0.2, 0.25) is 0 Å². The predicted molar refractivity (Wildman–Crippen MR) is 94.5 cm³/mol. The predicted octanol–water partition coefficient (Wildman–Crippen LogP) is 3.96. The van der Waals surface area contributed by atoms with E-state index >= 15 is 0 Å². The molecule has 0 bridgehead atoms. The minimum Gasteiger partial charge on any atom is -0.384 e. The third-order valence-electron chi connectivity index (χ3n) is 4.60. The van der Waals surface area contributed by atoms with Crippen LogP contribution in [-0.4, -0.2) is 18.1 Å². The fourth-order valence-corrected chi connectivity index (χ4v) is 3.40. The van der Waals surface area contributed by atoms with Crippen LogP contribution < -0.4 is 11.1 Å². The zero-order valence-electron chi connectivity index (χ0n) is 13.6. The Hall–Kier alpha value is -1.61. The van der Waals surface area contributed by atoms with Crippen LogP contribution in [0.4, 0.5) is 5.69 Å². The van der Waals surface area contributed by atoms with E-state index in [1.807, 2.05) is 0 Å². The molecule has 0 spiro atoms. The first kappa shape index (κ1) is 15.3. The summed E-state index contributed by atoms with van der Waals surface area (Å²) in [5, 5.41) is 5.01. The maximum atomic E-state index is 5.58. The van der Waals surface area contributed by atoms with E-state index in [2.05, 4.69) is 30.4 Å². The van der Waals surface area contributed by atoms with Gasteiger partial charge < -0.3 is 11.1 Å². The summed E-state index contributed by atoms with van der Waals surface area (Å²) in [5.74, 6) is 0. The Bertz CT molecular complexity index is 649. The Kier molecular flexibility index (Phi) is 4.94. The minimum atomic E-state index is 0.798. The van der Waals surface area contributed by atoms with Crippen LogP contribution in [0.2, 0.25) is 0 Å². The molecule has 1 aromatic carbocycles. The monoisotopic (exact) mass is 297 g/mol. The van der Waals surface area contributed by atoms with Crippen molar-refractivity contribution in [3.8, 4) is 0 Å². The van der Waals surface area contributed by atoms with E-state index in [4.69, 9.17) is 10.7 Å². The molecule has 22 heavy (non-hydrogen) atoms. The number of rotatable bonds is 6. The van der Waals surface area contributed by atoms with Gasteiger partial charge in [-0.2, -0.15) is 0 Å². The molecule has 0 saturated carbocycles. The zero-order chi connectivity index (χ0) is 15.4. The number of hydrogen-bond donors (Lipinski definition) is 2. The van der Waals surface area contributed by atoms with Crippen molar-refractivity contribution in [1.29, 1.82) is 0 Å². The first-order valence-corrected chi connectivity index (χ1v) is 8.65. The van der Waals surface area contributed by atoms with Crippen LogP contribution in [0.3, 0.4) is 0 Å². The van der Waals surface area contributed by atoms with Crippen molar-refractivity contribution in [2.24, 2.45) is 5.73 Å². The average Bonchev–Trinajstić information content (AvgIpc) is 2.54. The molecular weight excluding hydrogens is 270 g/mol. The van der Waals surface area contributed by atoms with Gasteiger partial charge in [-0.25, -0.2) is 0 Å². The fraction of sp³-hybridized carbons (Fsp3) is 0.526. The highest BCUT2D eigenvalue weighted by molar-refractivity contribution is 5.94. The first-order chi connectivity index (χ1) is 10.8. The fourth-order valence-electron chi connectivity index (χ4n) is 3.40. The molecule has 3 rings (SSSR count). The molecule has 3 nitrogen and oxygen atoms in total.